The zero-order valence-electron chi connectivity index (χ0n) is 7.63. The fraction of sp³-hybridized carbons (Fsp3) is 0.500. The highest BCUT2D eigenvalue weighted by atomic mass is 16.5. The van der Waals surface area contributed by atoms with Crippen LogP contribution in [0.4, 0.5) is 0 Å². The molecule has 0 saturated heterocycles. The van der Waals surface area contributed by atoms with Crippen LogP contribution in [0, 0.1) is 0 Å². The Morgan fingerprint density at radius 3 is 2.62 bits per heavy atom. The summed E-state index contributed by atoms with van der Waals surface area (Å²) in [6.07, 6.45) is 0.146. The molecule has 0 atom stereocenters. The molecule has 0 bridgehead atoms. The maximum absolute atomic E-state index is 10.8. The number of rotatable bonds is 5. The van der Waals surface area contributed by atoms with E-state index in [2.05, 4.69) is 16.6 Å². The molecule has 0 aliphatic carbocycles. The third kappa shape index (κ3) is 5.72. The summed E-state index contributed by atoms with van der Waals surface area (Å²) in [6.45, 7) is 5.60. The normalized spacial score (nSPS) is 9.00. The zero-order valence-corrected chi connectivity index (χ0v) is 7.63. The summed E-state index contributed by atoms with van der Waals surface area (Å²) < 4.78 is 4.60. The van der Waals surface area contributed by atoms with Crippen molar-refractivity contribution in [2.75, 3.05) is 13.2 Å². The summed E-state index contributed by atoms with van der Waals surface area (Å²) in [5.74, 6) is -0.831. The predicted molar refractivity (Wildman–Crippen MR) is 47.6 cm³/mol. The van der Waals surface area contributed by atoms with Gasteiger partial charge in [-0.2, -0.15) is 0 Å². The van der Waals surface area contributed by atoms with E-state index in [4.69, 9.17) is 5.73 Å². The van der Waals surface area contributed by atoms with Crippen LogP contribution in [0.5, 0.6) is 0 Å². The topological polar surface area (TPSA) is 81.4 Å². The summed E-state index contributed by atoms with van der Waals surface area (Å²) >= 11 is 0. The summed E-state index contributed by atoms with van der Waals surface area (Å²) in [5, 5.41) is 2.56. The molecule has 0 aliphatic heterocycles. The van der Waals surface area contributed by atoms with E-state index in [1.54, 1.807) is 0 Å². The average Bonchev–Trinajstić information content (AvgIpc) is 2.04. The van der Waals surface area contributed by atoms with E-state index >= 15 is 0 Å². The second-order valence-corrected chi connectivity index (χ2v) is 2.36. The number of hydrogen-bond acceptors (Lipinski definition) is 4. The van der Waals surface area contributed by atoms with Crippen LogP contribution >= 0.6 is 0 Å². The fourth-order valence-corrected chi connectivity index (χ4v) is 0.615. The van der Waals surface area contributed by atoms with E-state index in [-0.39, 0.29) is 24.6 Å². The molecule has 0 unspecified atom stereocenters. The van der Waals surface area contributed by atoms with E-state index in [1.807, 2.05) is 6.92 Å². The third-order valence-corrected chi connectivity index (χ3v) is 1.20. The molecule has 0 aromatic heterocycles. The van der Waals surface area contributed by atoms with Crippen molar-refractivity contribution >= 4 is 11.9 Å². The van der Waals surface area contributed by atoms with Crippen molar-refractivity contribution in [2.24, 2.45) is 5.73 Å². The SMILES string of the molecule is C=C(N)C(=O)OCCC(=O)NCC. The number of nitrogens with two attached hydrogens (primary N) is 1. The summed E-state index contributed by atoms with van der Waals surface area (Å²) in [4.78, 5) is 21.5. The van der Waals surface area contributed by atoms with Crippen molar-refractivity contribution in [3.63, 3.8) is 0 Å². The molecule has 0 saturated carbocycles. The number of carbonyl (C=O) groups is 2. The molecule has 3 N–H and O–H groups in total. The summed E-state index contributed by atoms with van der Waals surface area (Å²) in [7, 11) is 0. The molecule has 0 fully saturated rings. The van der Waals surface area contributed by atoms with Crippen molar-refractivity contribution in [3.8, 4) is 0 Å². The molecule has 74 valence electrons. The third-order valence-electron chi connectivity index (χ3n) is 1.20. The number of carbonyl (C=O) groups excluding carboxylic acids is 2. The monoisotopic (exact) mass is 186 g/mol. The van der Waals surface area contributed by atoms with E-state index in [0.717, 1.165) is 0 Å². The van der Waals surface area contributed by atoms with E-state index in [9.17, 15) is 9.59 Å². The van der Waals surface area contributed by atoms with Gasteiger partial charge in [0.1, 0.15) is 12.3 Å². The highest BCUT2D eigenvalue weighted by Gasteiger charge is 2.05. The number of hydrogen-bond donors (Lipinski definition) is 2. The Morgan fingerprint density at radius 1 is 1.54 bits per heavy atom. The smallest absolute Gasteiger partial charge is 0.353 e. The quantitative estimate of drug-likeness (QED) is 0.449. The van der Waals surface area contributed by atoms with Crippen LogP contribution in [0.15, 0.2) is 12.3 Å². The van der Waals surface area contributed by atoms with Crippen molar-refractivity contribution in [1.29, 1.82) is 0 Å². The van der Waals surface area contributed by atoms with Crippen molar-refractivity contribution in [2.45, 2.75) is 13.3 Å². The Hall–Kier alpha value is -1.52. The van der Waals surface area contributed by atoms with E-state index in [1.165, 1.54) is 0 Å². The van der Waals surface area contributed by atoms with Gasteiger partial charge >= 0.3 is 5.97 Å². The second kappa shape index (κ2) is 6.05. The van der Waals surface area contributed by atoms with Gasteiger partial charge in [-0.1, -0.05) is 6.58 Å². The van der Waals surface area contributed by atoms with Gasteiger partial charge in [0.15, 0.2) is 0 Å². The lowest BCUT2D eigenvalue weighted by molar-refractivity contribution is -0.139. The van der Waals surface area contributed by atoms with Gasteiger partial charge in [0.05, 0.1) is 6.42 Å². The summed E-state index contributed by atoms with van der Waals surface area (Å²) in [6, 6.07) is 0. The Balaban J connectivity index is 3.50. The lowest BCUT2D eigenvalue weighted by Crippen LogP contribution is -2.25. The lowest BCUT2D eigenvalue weighted by Gasteiger charge is -2.03. The van der Waals surface area contributed by atoms with Crippen molar-refractivity contribution in [3.05, 3.63) is 12.3 Å². The first-order chi connectivity index (χ1) is 6.07. The maximum atomic E-state index is 10.8. The van der Waals surface area contributed by atoms with Crippen LogP contribution in [-0.4, -0.2) is 25.0 Å². The van der Waals surface area contributed by atoms with Crippen LogP contribution in [0.2, 0.25) is 0 Å². The predicted octanol–water partition coefficient (Wildman–Crippen LogP) is -0.472. The Morgan fingerprint density at radius 2 is 2.15 bits per heavy atom. The molecular weight excluding hydrogens is 172 g/mol. The fourth-order valence-electron chi connectivity index (χ4n) is 0.615. The number of nitrogens with one attached hydrogen (secondary N) is 1. The highest BCUT2D eigenvalue weighted by Crippen LogP contribution is 1.88. The van der Waals surface area contributed by atoms with Gasteiger partial charge in [0.25, 0.3) is 0 Å². The van der Waals surface area contributed by atoms with E-state index in [0.29, 0.717) is 6.54 Å². The number of amides is 1. The Kier molecular flexibility index (Phi) is 5.34. The molecule has 0 heterocycles. The van der Waals surface area contributed by atoms with Gasteiger partial charge in [0, 0.05) is 6.54 Å². The number of esters is 1. The lowest BCUT2D eigenvalue weighted by atomic mass is 10.4. The summed E-state index contributed by atoms with van der Waals surface area (Å²) in [5.41, 5.74) is 4.89. The van der Waals surface area contributed by atoms with Crippen molar-refractivity contribution in [1.82, 2.24) is 5.32 Å². The van der Waals surface area contributed by atoms with Crippen LogP contribution in [-0.2, 0) is 14.3 Å². The van der Waals surface area contributed by atoms with Crippen LogP contribution < -0.4 is 11.1 Å². The molecule has 1 amide bonds. The molecule has 5 heteroatoms. The molecule has 5 nitrogen and oxygen atoms in total. The first-order valence-electron chi connectivity index (χ1n) is 3.96. The van der Waals surface area contributed by atoms with Gasteiger partial charge < -0.3 is 15.8 Å². The largest absolute Gasteiger partial charge is 0.461 e. The molecule has 0 aromatic rings. The average molecular weight is 186 g/mol. The standard InChI is InChI=1S/C8H14N2O3/c1-3-10-7(11)4-5-13-8(12)6(2)9/h2-5,9H2,1H3,(H,10,11). The first-order valence-corrected chi connectivity index (χ1v) is 3.96. The van der Waals surface area contributed by atoms with Crippen molar-refractivity contribution < 1.29 is 14.3 Å². The number of ether oxygens (including phenoxy) is 1. The van der Waals surface area contributed by atoms with Crippen LogP contribution in [0.3, 0.4) is 0 Å². The minimum Gasteiger partial charge on any atom is -0.461 e. The zero-order chi connectivity index (χ0) is 10.3. The van der Waals surface area contributed by atoms with Gasteiger partial charge in [-0.05, 0) is 6.92 Å². The minimum absolute atomic E-state index is 0.0287. The van der Waals surface area contributed by atoms with Gasteiger partial charge in [-0.3, -0.25) is 4.79 Å². The molecule has 13 heavy (non-hydrogen) atoms. The maximum Gasteiger partial charge on any atom is 0.353 e. The molecule has 0 rings (SSSR count). The van der Waals surface area contributed by atoms with Gasteiger partial charge in [-0.25, -0.2) is 4.79 Å². The molecule has 0 aliphatic rings. The Labute approximate surface area is 76.9 Å². The first kappa shape index (κ1) is 11.5. The second-order valence-electron chi connectivity index (χ2n) is 2.36. The van der Waals surface area contributed by atoms with Crippen LogP contribution in [0.1, 0.15) is 13.3 Å². The van der Waals surface area contributed by atoms with E-state index < -0.39 is 5.97 Å². The van der Waals surface area contributed by atoms with Gasteiger partial charge in [-0.15, -0.1) is 0 Å². The minimum atomic E-state index is -0.677. The van der Waals surface area contributed by atoms with Gasteiger partial charge in [0.2, 0.25) is 5.91 Å². The molecule has 0 radical (unpaired) electrons. The molecule has 0 spiro atoms. The molecular formula is C8H14N2O3. The highest BCUT2D eigenvalue weighted by molar-refractivity contribution is 5.86. The Bertz CT molecular complexity index is 213. The molecule has 0 aromatic carbocycles. The van der Waals surface area contributed by atoms with Crippen LogP contribution in [0.25, 0.3) is 0 Å².